The average Bonchev–Trinajstić information content (AvgIpc) is 2.53. The zero-order chi connectivity index (χ0) is 15.4. The number of carbonyl (C=O) groups excluding carboxylic acids is 1. The predicted molar refractivity (Wildman–Crippen MR) is 80.8 cm³/mol. The molecule has 0 fully saturated rings. The number of rotatable bonds is 4. The molecule has 114 valence electrons. The van der Waals surface area contributed by atoms with Gasteiger partial charge >= 0.3 is 5.97 Å². The molecule has 1 aliphatic rings. The average molecular weight is 290 g/mol. The van der Waals surface area contributed by atoms with Crippen molar-refractivity contribution in [3.05, 3.63) is 35.4 Å². The summed E-state index contributed by atoms with van der Waals surface area (Å²) < 4.78 is 15.7. The molecule has 0 saturated carbocycles. The molecule has 0 radical (unpaired) electrons. The largest absolute Gasteiger partial charge is 0.497 e. The molecule has 0 aromatic heterocycles. The zero-order valence-electron chi connectivity index (χ0n) is 13.0. The Morgan fingerprint density at radius 1 is 1.19 bits per heavy atom. The van der Waals surface area contributed by atoms with Crippen LogP contribution in [0, 0.1) is 5.92 Å². The van der Waals surface area contributed by atoms with Gasteiger partial charge in [-0.05, 0) is 25.8 Å². The van der Waals surface area contributed by atoms with Gasteiger partial charge in [0.15, 0.2) is 0 Å². The van der Waals surface area contributed by atoms with Gasteiger partial charge in [-0.3, -0.25) is 4.79 Å². The van der Waals surface area contributed by atoms with Crippen molar-refractivity contribution >= 4 is 5.97 Å². The van der Waals surface area contributed by atoms with Gasteiger partial charge in [-0.25, -0.2) is 0 Å². The summed E-state index contributed by atoms with van der Waals surface area (Å²) in [4.78, 5) is 12.1. The van der Waals surface area contributed by atoms with E-state index in [1.165, 1.54) is 12.7 Å². The molecule has 0 aliphatic heterocycles. The molecule has 0 heterocycles. The smallest absolute Gasteiger partial charge is 0.309 e. The van der Waals surface area contributed by atoms with Gasteiger partial charge in [0.25, 0.3) is 0 Å². The minimum Gasteiger partial charge on any atom is -0.497 e. The van der Waals surface area contributed by atoms with Crippen LogP contribution in [-0.2, 0) is 9.53 Å². The number of esters is 1. The van der Waals surface area contributed by atoms with E-state index in [2.05, 4.69) is 13.0 Å². The van der Waals surface area contributed by atoms with E-state index in [-0.39, 0.29) is 17.8 Å². The second kappa shape index (κ2) is 6.66. The number of allylic oxidation sites excluding steroid dienone is 2. The van der Waals surface area contributed by atoms with Crippen LogP contribution in [-0.4, -0.2) is 27.3 Å². The SMILES string of the molecule is COC(=O)[C@H]1CCC(C)=C[C@H]1c1ccc(OC)cc1OC. The highest BCUT2D eigenvalue weighted by molar-refractivity contribution is 5.75. The Labute approximate surface area is 125 Å². The summed E-state index contributed by atoms with van der Waals surface area (Å²) in [5.74, 6) is 1.12. The minimum absolute atomic E-state index is 0.0212. The van der Waals surface area contributed by atoms with Crippen molar-refractivity contribution in [2.45, 2.75) is 25.7 Å². The van der Waals surface area contributed by atoms with Crippen LogP contribution in [0.5, 0.6) is 11.5 Å². The topological polar surface area (TPSA) is 44.8 Å². The van der Waals surface area contributed by atoms with E-state index in [0.717, 1.165) is 29.9 Å². The molecule has 0 spiro atoms. The van der Waals surface area contributed by atoms with Crippen LogP contribution in [0.25, 0.3) is 0 Å². The van der Waals surface area contributed by atoms with Crippen molar-refractivity contribution in [2.24, 2.45) is 5.92 Å². The third kappa shape index (κ3) is 3.20. The standard InChI is InChI=1S/C17H22O4/c1-11-5-7-14(17(18)21-4)15(9-11)13-8-6-12(19-2)10-16(13)20-3/h6,8-10,14-15H,5,7H2,1-4H3/t14-,15-/m0/s1. The van der Waals surface area contributed by atoms with Gasteiger partial charge in [0.05, 0.1) is 27.2 Å². The van der Waals surface area contributed by atoms with Crippen LogP contribution in [0.3, 0.4) is 0 Å². The lowest BCUT2D eigenvalue weighted by atomic mass is 9.77. The summed E-state index contributed by atoms with van der Waals surface area (Å²) >= 11 is 0. The summed E-state index contributed by atoms with van der Waals surface area (Å²) in [6.45, 7) is 2.09. The van der Waals surface area contributed by atoms with Crippen LogP contribution in [0.15, 0.2) is 29.8 Å². The lowest BCUT2D eigenvalue weighted by Gasteiger charge is -2.29. The number of ether oxygens (including phenoxy) is 3. The van der Waals surface area contributed by atoms with Gasteiger partial charge in [-0.1, -0.05) is 17.7 Å². The Morgan fingerprint density at radius 3 is 2.57 bits per heavy atom. The molecule has 4 heteroatoms. The van der Waals surface area contributed by atoms with E-state index in [1.807, 2.05) is 18.2 Å². The molecule has 0 saturated heterocycles. The Bertz CT molecular complexity index is 548. The fraction of sp³-hybridized carbons (Fsp3) is 0.471. The Hall–Kier alpha value is -1.97. The van der Waals surface area contributed by atoms with E-state index >= 15 is 0 Å². The number of benzene rings is 1. The van der Waals surface area contributed by atoms with Gasteiger partial charge < -0.3 is 14.2 Å². The van der Waals surface area contributed by atoms with Gasteiger partial charge in [0, 0.05) is 17.5 Å². The van der Waals surface area contributed by atoms with Crippen molar-refractivity contribution in [1.29, 1.82) is 0 Å². The molecule has 2 rings (SSSR count). The lowest BCUT2D eigenvalue weighted by molar-refractivity contribution is -0.146. The predicted octanol–water partition coefficient (Wildman–Crippen LogP) is 3.32. The molecule has 1 aromatic rings. The minimum atomic E-state index is -0.166. The van der Waals surface area contributed by atoms with Crippen molar-refractivity contribution in [3.63, 3.8) is 0 Å². The van der Waals surface area contributed by atoms with E-state index in [4.69, 9.17) is 14.2 Å². The molecular formula is C17H22O4. The summed E-state index contributed by atoms with van der Waals surface area (Å²) in [7, 11) is 4.69. The van der Waals surface area contributed by atoms with Crippen molar-refractivity contribution in [1.82, 2.24) is 0 Å². The fourth-order valence-corrected chi connectivity index (χ4v) is 2.88. The molecular weight excluding hydrogens is 268 g/mol. The van der Waals surface area contributed by atoms with Crippen molar-refractivity contribution < 1.29 is 19.0 Å². The summed E-state index contributed by atoms with van der Waals surface area (Å²) in [6, 6.07) is 5.71. The van der Waals surface area contributed by atoms with Crippen LogP contribution in [0.4, 0.5) is 0 Å². The first kappa shape index (κ1) is 15.4. The van der Waals surface area contributed by atoms with Crippen molar-refractivity contribution in [3.8, 4) is 11.5 Å². The fourth-order valence-electron chi connectivity index (χ4n) is 2.88. The van der Waals surface area contributed by atoms with E-state index in [1.54, 1.807) is 14.2 Å². The number of hydrogen-bond acceptors (Lipinski definition) is 4. The maximum Gasteiger partial charge on any atom is 0.309 e. The van der Waals surface area contributed by atoms with Gasteiger partial charge in [0.2, 0.25) is 0 Å². The monoisotopic (exact) mass is 290 g/mol. The molecule has 0 amide bonds. The Morgan fingerprint density at radius 2 is 1.95 bits per heavy atom. The summed E-state index contributed by atoms with van der Waals surface area (Å²) in [5, 5.41) is 0. The Kier molecular flexibility index (Phi) is 4.89. The first-order valence-corrected chi connectivity index (χ1v) is 7.07. The maximum absolute atomic E-state index is 12.1. The maximum atomic E-state index is 12.1. The van der Waals surface area contributed by atoms with Crippen LogP contribution in [0.2, 0.25) is 0 Å². The molecule has 21 heavy (non-hydrogen) atoms. The second-order valence-corrected chi connectivity index (χ2v) is 5.32. The summed E-state index contributed by atoms with van der Waals surface area (Å²) in [6.07, 6.45) is 3.87. The zero-order valence-corrected chi connectivity index (χ0v) is 13.0. The van der Waals surface area contributed by atoms with Crippen LogP contribution in [0.1, 0.15) is 31.2 Å². The number of carbonyl (C=O) groups is 1. The van der Waals surface area contributed by atoms with E-state index in [0.29, 0.717) is 0 Å². The summed E-state index contributed by atoms with van der Waals surface area (Å²) in [5.41, 5.74) is 2.28. The number of methoxy groups -OCH3 is 3. The van der Waals surface area contributed by atoms with Crippen LogP contribution < -0.4 is 9.47 Å². The molecule has 0 N–H and O–H groups in total. The van der Waals surface area contributed by atoms with Crippen molar-refractivity contribution in [2.75, 3.05) is 21.3 Å². The molecule has 2 atom stereocenters. The molecule has 1 aliphatic carbocycles. The van der Waals surface area contributed by atoms with E-state index < -0.39 is 0 Å². The Balaban J connectivity index is 2.45. The number of hydrogen-bond donors (Lipinski definition) is 0. The molecule has 1 aromatic carbocycles. The first-order valence-electron chi connectivity index (χ1n) is 7.07. The highest BCUT2D eigenvalue weighted by atomic mass is 16.5. The van der Waals surface area contributed by atoms with Gasteiger partial charge in [0.1, 0.15) is 11.5 Å². The highest BCUT2D eigenvalue weighted by Crippen LogP contribution is 2.41. The third-order valence-electron chi connectivity index (χ3n) is 4.05. The molecule has 0 unspecified atom stereocenters. The highest BCUT2D eigenvalue weighted by Gasteiger charge is 2.33. The normalized spacial score (nSPS) is 21.4. The third-order valence-corrected chi connectivity index (χ3v) is 4.05. The van der Waals surface area contributed by atoms with E-state index in [9.17, 15) is 4.79 Å². The van der Waals surface area contributed by atoms with Gasteiger partial charge in [-0.15, -0.1) is 0 Å². The van der Waals surface area contributed by atoms with Crippen LogP contribution >= 0.6 is 0 Å². The first-order chi connectivity index (χ1) is 10.1. The quantitative estimate of drug-likeness (QED) is 0.630. The molecule has 0 bridgehead atoms. The molecule has 4 nitrogen and oxygen atoms in total. The van der Waals surface area contributed by atoms with Gasteiger partial charge in [-0.2, -0.15) is 0 Å². The lowest BCUT2D eigenvalue weighted by Crippen LogP contribution is -2.25. The second-order valence-electron chi connectivity index (χ2n) is 5.32.